The number of hydrogen-bond acceptors (Lipinski definition) is 5. The predicted octanol–water partition coefficient (Wildman–Crippen LogP) is 2.33. The molecule has 0 spiro atoms. The van der Waals surface area contributed by atoms with Crippen molar-refractivity contribution in [2.24, 2.45) is 0 Å². The third-order valence-corrected chi connectivity index (χ3v) is 8.37. The minimum Gasteiger partial charge on any atom is -0.336 e. The fourth-order valence-corrected chi connectivity index (χ4v) is 6.29. The van der Waals surface area contributed by atoms with Crippen molar-refractivity contribution < 1.29 is 14.4 Å². The molecule has 1 aromatic rings. The summed E-state index contributed by atoms with van der Waals surface area (Å²) in [4.78, 5) is 46.9. The third-order valence-electron chi connectivity index (χ3n) is 7.08. The van der Waals surface area contributed by atoms with Crippen LogP contribution in [0.25, 0.3) is 0 Å². The molecular formula is C22H32N4O3S. The van der Waals surface area contributed by atoms with Gasteiger partial charge in [-0.1, -0.05) is 19.3 Å². The Kier molecular flexibility index (Phi) is 5.90. The van der Waals surface area contributed by atoms with E-state index in [1.807, 2.05) is 11.8 Å². The number of anilines is 1. The van der Waals surface area contributed by atoms with Crippen LogP contribution in [0.2, 0.25) is 0 Å². The summed E-state index contributed by atoms with van der Waals surface area (Å²) < 4.78 is 0. The van der Waals surface area contributed by atoms with Crippen LogP contribution in [0.15, 0.2) is 0 Å². The molecule has 0 N–H and O–H groups in total. The summed E-state index contributed by atoms with van der Waals surface area (Å²) in [5.74, 6) is -0.0190. The zero-order valence-corrected chi connectivity index (χ0v) is 19.3. The first kappa shape index (κ1) is 21.3. The van der Waals surface area contributed by atoms with E-state index in [1.54, 1.807) is 19.0 Å². The van der Waals surface area contributed by atoms with Gasteiger partial charge in [-0.05, 0) is 38.8 Å². The Morgan fingerprint density at radius 1 is 1.13 bits per heavy atom. The van der Waals surface area contributed by atoms with Gasteiger partial charge in [-0.25, -0.2) is 0 Å². The zero-order valence-electron chi connectivity index (χ0n) is 18.4. The van der Waals surface area contributed by atoms with Gasteiger partial charge in [0.15, 0.2) is 0 Å². The highest BCUT2D eigenvalue weighted by Gasteiger charge is 2.37. The number of hydrogen-bond donors (Lipinski definition) is 0. The van der Waals surface area contributed by atoms with Gasteiger partial charge >= 0.3 is 0 Å². The number of nitrogens with zero attached hydrogens (tertiary/aromatic N) is 4. The second-order valence-corrected chi connectivity index (χ2v) is 10.0. The van der Waals surface area contributed by atoms with Crippen molar-refractivity contribution in [3.05, 3.63) is 16.0 Å². The molecule has 3 amide bonds. The largest absolute Gasteiger partial charge is 0.336 e. The molecule has 3 aliphatic rings. The van der Waals surface area contributed by atoms with Crippen molar-refractivity contribution in [2.75, 3.05) is 39.1 Å². The standard InChI is InChI=1S/C22H32N4O3S/c1-14(24(3)15-8-6-5-7-9-15)20(28)26-11-10-16-17(12-26)30-22-19(16)21(29)23(2)13-18(27)25(22)4/h14-15H,5-13H2,1-4H3. The molecule has 4 rings (SSSR count). The molecular weight excluding hydrogens is 400 g/mol. The molecule has 1 saturated carbocycles. The molecule has 1 atom stereocenters. The normalized spacial score (nSPS) is 21.6. The SMILES string of the molecule is CC(C(=O)N1CCc2c(sc3c2C(=O)N(C)CC(=O)N3C)C1)N(C)C1CCCCC1. The van der Waals surface area contributed by atoms with E-state index in [-0.39, 0.29) is 30.3 Å². The third kappa shape index (κ3) is 3.64. The summed E-state index contributed by atoms with van der Waals surface area (Å²) in [5, 5.41) is 0.723. The average Bonchev–Trinajstić information content (AvgIpc) is 3.12. The van der Waals surface area contributed by atoms with Gasteiger partial charge < -0.3 is 14.7 Å². The average molecular weight is 433 g/mol. The second kappa shape index (κ2) is 8.30. The summed E-state index contributed by atoms with van der Waals surface area (Å²) in [6.45, 7) is 3.25. The van der Waals surface area contributed by atoms with Gasteiger partial charge in [0.05, 0.1) is 18.2 Å². The number of carbonyl (C=O) groups excluding carboxylic acids is 3. The molecule has 1 fully saturated rings. The first-order valence-corrected chi connectivity index (χ1v) is 11.8. The van der Waals surface area contributed by atoms with Gasteiger partial charge in [-0.15, -0.1) is 11.3 Å². The van der Waals surface area contributed by atoms with Gasteiger partial charge in [-0.3, -0.25) is 19.3 Å². The first-order valence-electron chi connectivity index (χ1n) is 11.0. The van der Waals surface area contributed by atoms with E-state index in [0.717, 1.165) is 15.4 Å². The van der Waals surface area contributed by atoms with Gasteiger partial charge in [0.2, 0.25) is 11.8 Å². The lowest BCUT2D eigenvalue weighted by Crippen LogP contribution is -2.50. The van der Waals surface area contributed by atoms with E-state index in [2.05, 4.69) is 11.9 Å². The zero-order chi connectivity index (χ0) is 21.6. The number of likely N-dealkylation sites (N-methyl/N-ethyl adjacent to an activating group) is 3. The molecule has 0 bridgehead atoms. The lowest BCUT2D eigenvalue weighted by Gasteiger charge is -2.38. The van der Waals surface area contributed by atoms with Crippen molar-refractivity contribution >= 4 is 34.1 Å². The molecule has 164 valence electrons. The van der Waals surface area contributed by atoms with E-state index in [1.165, 1.54) is 48.3 Å². The van der Waals surface area contributed by atoms with Crippen LogP contribution in [0.5, 0.6) is 0 Å². The summed E-state index contributed by atoms with van der Waals surface area (Å²) in [7, 11) is 5.49. The van der Waals surface area contributed by atoms with Crippen LogP contribution in [-0.2, 0) is 22.6 Å². The lowest BCUT2D eigenvalue weighted by molar-refractivity contribution is -0.137. The van der Waals surface area contributed by atoms with Crippen molar-refractivity contribution in [3.63, 3.8) is 0 Å². The molecule has 0 radical (unpaired) electrons. The Morgan fingerprint density at radius 2 is 1.83 bits per heavy atom. The van der Waals surface area contributed by atoms with E-state index in [0.29, 0.717) is 31.1 Å². The first-order chi connectivity index (χ1) is 14.3. The van der Waals surface area contributed by atoms with Crippen molar-refractivity contribution in [2.45, 2.75) is 64.1 Å². The van der Waals surface area contributed by atoms with Crippen LogP contribution in [0.3, 0.4) is 0 Å². The Bertz CT molecular complexity index is 861. The summed E-state index contributed by atoms with van der Waals surface area (Å²) in [5.41, 5.74) is 1.68. The van der Waals surface area contributed by atoms with Crippen LogP contribution >= 0.6 is 11.3 Å². The number of amides is 3. The smallest absolute Gasteiger partial charge is 0.257 e. The van der Waals surface area contributed by atoms with Gasteiger partial charge in [0, 0.05) is 31.6 Å². The topological polar surface area (TPSA) is 64.2 Å². The minimum atomic E-state index is -0.149. The molecule has 1 aliphatic carbocycles. The van der Waals surface area contributed by atoms with Gasteiger partial charge in [0.1, 0.15) is 11.5 Å². The van der Waals surface area contributed by atoms with Crippen LogP contribution in [-0.4, -0.2) is 78.7 Å². The molecule has 30 heavy (non-hydrogen) atoms. The van der Waals surface area contributed by atoms with Crippen LogP contribution in [0.1, 0.15) is 59.8 Å². The highest BCUT2D eigenvalue weighted by molar-refractivity contribution is 7.17. The second-order valence-electron chi connectivity index (χ2n) is 8.94. The molecule has 0 saturated heterocycles. The Morgan fingerprint density at radius 3 is 2.53 bits per heavy atom. The van der Waals surface area contributed by atoms with E-state index < -0.39 is 0 Å². The van der Waals surface area contributed by atoms with Crippen LogP contribution in [0, 0.1) is 0 Å². The van der Waals surface area contributed by atoms with Gasteiger partial charge in [0.25, 0.3) is 5.91 Å². The minimum absolute atomic E-state index is 0.0844. The van der Waals surface area contributed by atoms with Crippen LogP contribution < -0.4 is 4.90 Å². The van der Waals surface area contributed by atoms with E-state index in [9.17, 15) is 14.4 Å². The maximum absolute atomic E-state index is 13.3. The van der Waals surface area contributed by atoms with Crippen molar-refractivity contribution in [1.29, 1.82) is 0 Å². The predicted molar refractivity (Wildman–Crippen MR) is 118 cm³/mol. The molecule has 7 nitrogen and oxygen atoms in total. The molecule has 0 aromatic carbocycles. The number of carbonyl (C=O) groups is 3. The molecule has 1 aromatic heterocycles. The van der Waals surface area contributed by atoms with Gasteiger partial charge in [-0.2, -0.15) is 0 Å². The lowest BCUT2D eigenvalue weighted by atomic mass is 9.93. The monoisotopic (exact) mass is 432 g/mol. The fourth-order valence-electron chi connectivity index (χ4n) is 4.96. The summed E-state index contributed by atoms with van der Waals surface area (Å²) >= 11 is 1.49. The number of thiophene rings is 1. The molecule has 3 heterocycles. The maximum atomic E-state index is 13.3. The van der Waals surface area contributed by atoms with Crippen molar-refractivity contribution in [3.8, 4) is 0 Å². The molecule has 1 unspecified atom stereocenters. The Balaban J connectivity index is 1.53. The quantitative estimate of drug-likeness (QED) is 0.736. The molecule has 8 heteroatoms. The maximum Gasteiger partial charge on any atom is 0.257 e. The highest BCUT2D eigenvalue weighted by Crippen LogP contribution is 2.41. The summed E-state index contributed by atoms with van der Waals surface area (Å²) in [6, 6.07) is 0.341. The molecule has 2 aliphatic heterocycles. The van der Waals surface area contributed by atoms with E-state index in [4.69, 9.17) is 0 Å². The van der Waals surface area contributed by atoms with Crippen molar-refractivity contribution in [1.82, 2.24) is 14.7 Å². The van der Waals surface area contributed by atoms with E-state index >= 15 is 0 Å². The highest BCUT2D eigenvalue weighted by atomic mass is 32.1. The van der Waals surface area contributed by atoms with Crippen LogP contribution in [0.4, 0.5) is 5.00 Å². The Hall–Kier alpha value is -1.93. The fraction of sp³-hybridized carbons (Fsp3) is 0.682. The number of fused-ring (bicyclic) bond motifs is 3. The number of rotatable bonds is 3. The Labute approximate surface area is 182 Å². The summed E-state index contributed by atoms with van der Waals surface area (Å²) in [6.07, 6.45) is 6.80.